The number of rotatable bonds is 3. The monoisotopic (exact) mass is 220 g/mol. The van der Waals surface area contributed by atoms with Crippen LogP contribution in [-0.4, -0.2) is 17.1 Å². The number of pyridine rings is 1. The molecule has 0 bridgehead atoms. The van der Waals surface area contributed by atoms with Gasteiger partial charge in [-0.05, 0) is 18.9 Å². The van der Waals surface area contributed by atoms with Crippen LogP contribution in [0.4, 0.5) is 0 Å². The summed E-state index contributed by atoms with van der Waals surface area (Å²) in [5.41, 5.74) is 6.21. The molecule has 1 fully saturated rings. The molecular formula is C13H20N2O. The van der Waals surface area contributed by atoms with Gasteiger partial charge in [0.25, 0.3) is 0 Å². The van der Waals surface area contributed by atoms with E-state index in [9.17, 15) is 0 Å². The van der Waals surface area contributed by atoms with Crippen molar-refractivity contribution in [3.8, 4) is 5.88 Å². The summed E-state index contributed by atoms with van der Waals surface area (Å²) < 4.78 is 5.67. The number of hydrogen-bond donors (Lipinski definition) is 1. The van der Waals surface area contributed by atoms with Gasteiger partial charge in [0.15, 0.2) is 0 Å². The van der Waals surface area contributed by atoms with Crippen molar-refractivity contribution in [1.82, 2.24) is 4.98 Å². The maximum atomic E-state index is 6.35. The highest BCUT2D eigenvalue weighted by molar-refractivity contribution is 5.09. The minimum Gasteiger partial charge on any atom is -0.476 e. The van der Waals surface area contributed by atoms with Gasteiger partial charge in [-0.15, -0.1) is 0 Å². The molecule has 2 N–H and O–H groups in total. The number of nitrogens with two attached hydrogens (primary N) is 1. The molecule has 0 aromatic carbocycles. The zero-order valence-corrected chi connectivity index (χ0v) is 9.69. The van der Waals surface area contributed by atoms with Gasteiger partial charge in [-0.1, -0.05) is 31.7 Å². The number of hydrogen-bond acceptors (Lipinski definition) is 3. The second-order valence-corrected chi connectivity index (χ2v) is 4.73. The van der Waals surface area contributed by atoms with E-state index in [1.807, 2.05) is 18.2 Å². The van der Waals surface area contributed by atoms with Crippen molar-refractivity contribution in [1.29, 1.82) is 0 Å². The molecule has 0 radical (unpaired) electrons. The Kier molecular flexibility index (Phi) is 3.78. The Bertz CT molecular complexity index is 305. The van der Waals surface area contributed by atoms with Gasteiger partial charge >= 0.3 is 0 Å². The van der Waals surface area contributed by atoms with E-state index < -0.39 is 0 Å². The van der Waals surface area contributed by atoms with Crippen LogP contribution >= 0.6 is 0 Å². The molecule has 0 atom stereocenters. The van der Waals surface area contributed by atoms with Gasteiger partial charge in [-0.3, -0.25) is 0 Å². The third-order valence-corrected chi connectivity index (χ3v) is 3.24. The fraction of sp³-hybridized carbons (Fsp3) is 0.615. The normalized spacial score (nSPS) is 20.1. The summed E-state index contributed by atoms with van der Waals surface area (Å²) in [6, 6.07) is 5.69. The molecule has 1 heterocycles. The summed E-state index contributed by atoms with van der Waals surface area (Å²) in [5, 5.41) is 0. The van der Waals surface area contributed by atoms with Crippen LogP contribution in [-0.2, 0) is 0 Å². The van der Waals surface area contributed by atoms with Crippen molar-refractivity contribution in [2.24, 2.45) is 5.73 Å². The predicted octanol–water partition coefficient (Wildman–Crippen LogP) is 2.51. The van der Waals surface area contributed by atoms with Gasteiger partial charge in [-0.25, -0.2) is 4.98 Å². The number of aromatic nitrogens is 1. The van der Waals surface area contributed by atoms with Crippen molar-refractivity contribution in [2.45, 2.75) is 44.1 Å². The molecule has 0 spiro atoms. The lowest BCUT2D eigenvalue weighted by molar-refractivity contribution is 0.193. The minimum absolute atomic E-state index is 0.145. The molecule has 3 nitrogen and oxygen atoms in total. The first-order chi connectivity index (χ1) is 7.79. The van der Waals surface area contributed by atoms with Crippen LogP contribution < -0.4 is 10.5 Å². The summed E-state index contributed by atoms with van der Waals surface area (Å²) >= 11 is 0. The van der Waals surface area contributed by atoms with Gasteiger partial charge in [0, 0.05) is 12.3 Å². The van der Waals surface area contributed by atoms with E-state index in [4.69, 9.17) is 10.5 Å². The van der Waals surface area contributed by atoms with Crippen LogP contribution in [0.3, 0.4) is 0 Å². The van der Waals surface area contributed by atoms with E-state index in [1.165, 1.54) is 25.7 Å². The molecule has 1 aliphatic carbocycles. The summed E-state index contributed by atoms with van der Waals surface area (Å²) in [7, 11) is 0. The summed E-state index contributed by atoms with van der Waals surface area (Å²) in [4.78, 5) is 4.14. The van der Waals surface area contributed by atoms with E-state index in [-0.39, 0.29) is 5.54 Å². The number of ether oxygens (including phenoxy) is 1. The quantitative estimate of drug-likeness (QED) is 0.796. The van der Waals surface area contributed by atoms with Gasteiger partial charge in [-0.2, -0.15) is 0 Å². The highest BCUT2D eigenvalue weighted by Gasteiger charge is 2.27. The van der Waals surface area contributed by atoms with Crippen LogP contribution in [0.1, 0.15) is 38.5 Å². The van der Waals surface area contributed by atoms with Crippen LogP contribution in [0.2, 0.25) is 0 Å². The topological polar surface area (TPSA) is 48.1 Å². The van der Waals surface area contributed by atoms with Crippen LogP contribution in [0.15, 0.2) is 24.4 Å². The Morgan fingerprint density at radius 1 is 1.19 bits per heavy atom. The number of nitrogens with zero attached hydrogens (tertiary/aromatic N) is 1. The summed E-state index contributed by atoms with van der Waals surface area (Å²) in [5.74, 6) is 0.677. The molecule has 1 aromatic rings. The van der Waals surface area contributed by atoms with Crippen LogP contribution in [0.5, 0.6) is 5.88 Å². The van der Waals surface area contributed by atoms with E-state index in [2.05, 4.69) is 4.98 Å². The zero-order valence-electron chi connectivity index (χ0n) is 9.69. The Balaban J connectivity index is 1.88. The third-order valence-electron chi connectivity index (χ3n) is 3.24. The molecule has 0 unspecified atom stereocenters. The average molecular weight is 220 g/mol. The van der Waals surface area contributed by atoms with Crippen molar-refractivity contribution >= 4 is 0 Å². The first kappa shape index (κ1) is 11.4. The van der Waals surface area contributed by atoms with E-state index >= 15 is 0 Å². The van der Waals surface area contributed by atoms with Gasteiger partial charge < -0.3 is 10.5 Å². The smallest absolute Gasteiger partial charge is 0.213 e. The molecule has 88 valence electrons. The Labute approximate surface area is 97.0 Å². The minimum atomic E-state index is -0.145. The Hall–Kier alpha value is -1.09. The van der Waals surface area contributed by atoms with Gasteiger partial charge in [0.1, 0.15) is 6.61 Å². The molecule has 0 saturated heterocycles. The molecule has 3 heteroatoms. The molecule has 16 heavy (non-hydrogen) atoms. The molecule has 1 aromatic heterocycles. The lowest BCUT2D eigenvalue weighted by Crippen LogP contribution is -2.45. The molecular weight excluding hydrogens is 200 g/mol. The largest absolute Gasteiger partial charge is 0.476 e. The summed E-state index contributed by atoms with van der Waals surface area (Å²) in [6.07, 6.45) is 8.94. The second kappa shape index (κ2) is 5.30. The molecule has 0 aliphatic heterocycles. The summed E-state index contributed by atoms with van der Waals surface area (Å²) in [6.45, 7) is 0.587. The maximum absolute atomic E-state index is 6.35. The fourth-order valence-electron chi connectivity index (χ4n) is 2.23. The average Bonchev–Trinajstić information content (AvgIpc) is 2.54. The molecule has 1 saturated carbocycles. The molecule has 0 amide bonds. The van der Waals surface area contributed by atoms with Crippen LogP contribution in [0.25, 0.3) is 0 Å². The van der Waals surface area contributed by atoms with Gasteiger partial charge in [0.2, 0.25) is 5.88 Å². The third kappa shape index (κ3) is 3.20. The first-order valence-corrected chi connectivity index (χ1v) is 6.11. The highest BCUT2D eigenvalue weighted by atomic mass is 16.5. The van der Waals surface area contributed by atoms with Crippen molar-refractivity contribution in [3.05, 3.63) is 24.4 Å². The Morgan fingerprint density at radius 2 is 1.94 bits per heavy atom. The highest BCUT2D eigenvalue weighted by Crippen LogP contribution is 2.25. The van der Waals surface area contributed by atoms with Crippen molar-refractivity contribution < 1.29 is 4.74 Å². The first-order valence-electron chi connectivity index (χ1n) is 6.11. The zero-order chi connectivity index (χ0) is 11.3. The fourth-order valence-corrected chi connectivity index (χ4v) is 2.23. The van der Waals surface area contributed by atoms with E-state index in [0.29, 0.717) is 12.5 Å². The van der Waals surface area contributed by atoms with Gasteiger partial charge in [0.05, 0.1) is 5.54 Å². The van der Waals surface area contributed by atoms with E-state index in [0.717, 1.165) is 12.8 Å². The maximum Gasteiger partial charge on any atom is 0.213 e. The lowest BCUT2D eigenvalue weighted by Gasteiger charge is -2.27. The SMILES string of the molecule is NC1(COc2ccccn2)CCCCCC1. The standard InChI is InChI=1S/C13H20N2O/c14-13(8-4-1-2-5-9-13)11-16-12-7-3-6-10-15-12/h3,6-7,10H,1-2,4-5,8-9,11,14H2. The predicted molar refractivity (Wildman–Crippen MR) is 64.4 cm³/mol. The Morgan fingerprint density at radius 3 is 2.56 bits per heavy atom. The molecule has 1 aliphatic rings. The second-order valence-electron chi connectivity index (χ2n) is 4.73. The van der Waals surface area contributed by atoms with E-state index in [1.54, 1.807) is 6.20 Å². The molecule has 2 rings (SSSR count). The van der Waals surface area contributed by atoms with Crippen LogP contribution in [0, 0.1) is 0 Å². The van der Waals surface area contributed by atoms with Crippen molar-refractivity contribution in [2.75, 3.05) is 6.61 Å². The lowest BCUT2D eigenvalue weighted by atomic mass is 9.93. The van der Waals surface area contributed by atoms with Crippen molar-refractivity contribution in [3.63, 3.8) is 0 Å².